The lowest BCUT2D eigenvalue weighted by Crippen LogP contribution is -2.06. The van der Waals surface area contributed by atoms with Crippen molar-refractivity contribution in [3.05, 3.63) is 57.5 Å². The van der Waals surface area contributed by atoms with Gasteiger partial charge in [0.05, 0.1) is 31.1 Å². The molecule has 0 spiro atoms. The highest BCUT2D eigenvalue weighted by Gasteiger charge is 2.24. The van der Waals surface area contributed by atoms with Crippen LogP contribution in [0.1, 0.15) is 26.8 Å². The van der Waals surface area contributed by atoms with E-state index in [2.05, 4.69) is 10.1 Å². The number of carbonyl (C=O) groups excluding carboxylic acids is 2. The van der Waals surface area contributed by atoms with E-state index in [9.17, 15) is 9.59 Å². The molecule has 134 valence electrons. The lowest BCUT2D eigenvalue weighted by molar-refractivity contribution is -0.133. The number of fused-ring (bicyclic) bond motifs is 1. The monoisotopic (exact) mass is 391 g/mol. The van der Waals surface area contributed by atoms with Crippen molar-refractivity contribution in [3.63, 3.8) is 0 Å². The van der Waals surface area contributed by atoms with Crippen molar-refractivity contribution in [1.29, 1.82) is 0 Å². The number of thiazole rings is 1. The Morgan fingerprint density at radius 2 is 1.92 bits per heavy atom. The summed E-state index contributed by atoms with van der Waals surface area (Å²) in [7, 11) is 2.74. The summed E-state index contributed by atoms with van der Waals surface area (Å²) in [6.45, 7) is 1.77. The average Bonchev–Trinajstić information content (AvgIpc) is 3.19. The van der Waals surface area contributed by atoms with Crippen molar-refractivity contribution in [2.45, 2.75) is 6.92 Å². The Balaban J connectivity index is 2.01. The molecule has 0 unspecified atom stereocenters. The van der Waals surface area contributed by atoms with Gasteiger partial charge < -0.3 is 9.47 Å². The van der Waals surface area contributed by atoms with Gasteiger partial charge in [0, 0.05) is 10.6 Å². The molecular formula is C17H14ClN3O4S. The van der Waals surface area contributed by atoms with Crippen molar-refractivity contribution in [2.75, 3.05) is 14.2 Å². The Morgan fingerprint density at radius 1 is 1.23 bits per heavy atom. The van der Waals surface area contributed by atoms with Gasteiger partial charge in [-0.1, -0.05) is 22.9 Å². The minimum Gasteiger partial charge on any atom is -0.503 e. The van der Waals surface area contributed by atoms with Crippen LogP contribution in [-0.4, -0.2) is 40.6 Å². The van der Waals surface area contributed by atoms with Gasteiger partial charge in [0.1, 0.15) is 5.57 Å². The molecule has 0 aliphatic rings. The summed E-state index contributed by atoms with van der Waals surface area (Å²) in [4.78, 5) is 29.9. The van der Waals surface area contributed by atoms with Gasteiger partial charge in [0.15, 0.2) is 0 Å². The fourth-order valence-electron chi connectivity index (χ4n) is 2.34. The number of benzene rings is 1. The first-order valence-corrected chi connectivity index (χ1v) is 8.63. The van der Waals surface area contributed by atoms with Gasteiger partial charge in [-0.15, -0.1) is 5.10 Å². The van der Waals surface area contributed by atoms with E-state index >= 15 is 0 Å². The number of rotatable bonds is 5. The van der Waals surface area contributed by atoms with Crippen LogP contribution >= 0.6 is 22.9 Å². The molecule has 0 bridgehead atoms. The van der Waals surface area contributed by atoms with Crippen molar-refractivity contribution in [3.8, 4) is 0 Å². The molecule has 1 aromatic carbocycles. The summed E-state index contributed by atoms with van der Waals surface area (Å²) in [6.07, 6.45) is 1.31. The Hall–Kier alpha value is -2.71. The molecule has 0 saturated heterocycles. The summed E-state index contributed by atoms with van der Waals surface area (Å²) in [5.74, 6) is -0.764. The Labute approximate surface area is 157 Å². The van der Waals surface area contributed by atoms with Gasteiger partial charge in [0.2, 0.25) is 16.6 Å². The number of methoxy groups -OCH3 is 2. The zero-order chi connectivity index (χ0) is 18.8. The van der Waals surface area contributed by atoms with E-state index in [4.69, 9.17) is 21.1 Å². The molecule has 0 aliphatic heterocycles. The summed E-state index contributed by atoms with van der Waals surface area (Å²) < 4.78 is 11.3. The Bertz CT molecular complexity index is 1020. The van der Waals surface area contributed by atoms with E-state index in [1.165, 1.54) is 36.3 Å². The minimum absolute atomic E-state index is 0.0727. The number of carbonyl (C=O) groups is 2. The molecule has 3 rings (SSSR count). The SMILES string of the molecule is CO/C=C(/C(=O)OC)c1sc2nc(C(=O)c3ccc(Cl)cc3)nn2c1C. The van der Waals surface area contributed by atoms with E-state index < -0.39 is 5.97 Å². The third-order valence-electron chi connectivity index (χ3n) is 3.61. The molecule has 0 fully saturated rings. The van der Waals surface area contributed by atoms with Crippen LogP contribution in [0, 0.1) is 6.92 Å². The molecule has 0 N–H and O–H groups in total. The largest absolute Gasteiger partial charge is 0.503 e. The van der Waals surface area contributed by atoms with Crippen molar-refractivity contribution >= 4 is 45.2 Å². The number of nitrogens with zero attached hydrogens (tertiary/aromatic N) is 3. The van der Waals surface area contributed by atoms with E-state index in [1.807, 2.05) is 0 Å². The maximum Gasteiger partial charge on any atom is 0.342 e. The topological polar surface area (TPSA) is 82.8 Å². The normalized spacial score (nSPS) is 11.6. The van der Waals surface area contributed by atoms with Crippen LogP contribution < -0.4 is 0 Å². The van der Waals surface area contributed by atoms with Crippen LogP contribution in [0.5, 0.6) is 0 Å². The molecule has 2 aromatic heterocycles. The van der Waals surface area contributed by atoms with Crippen LogP contribution in [0.25, 0.3) is 10.5 Å². The third-order valence-corrected chi connectivity index (χ3v) is 5.03. The predicted molar refractivity (Wildman–Crippen MR) is 97.5 cm³/mol. The van der Waals surface area contributed by atoms with E-state index in [0.29, 0.717) is 26.1 Å². The number of ketones is 1. The zero-order valence-corrected chi connectivity index (χ0v) is 15.7. The van der Waals surface area contributed by atoms with Crippen molar-refractivity contribution in [2.24, 2.45) is 0 Å². The number of halogens is 1. The Morgan fingerprint density at radius 3 is 2.50 bits per heavy atom. The molecule has 26 heavy (non-hydrogen) atoms. The van der Waals surface area contributed by atoms with Gasteiger partial charge in [-0.3, -0.25) is 4.79 Å². The summed E-state index contributed by atoms with van der Waals surface area (Å²) in [6, 6.07) is 6.51. The smallest absolute Gasteiger partial charge is 0.342 e. The van der Waals surface area contributed by atoms with Crippen molar-refractivity contribution < 1.29 is 19.1 Å². The number of aryl methyl sites for hydroxylation is 1. The van der Waals surface area contributed by atoms with Crippen LogP contribution in [0.2, 0.25) is 5.02 Å². The fraction of sp³-hybridized carbons (Fsp3) is 0.176. The molecule has 0 amide bonds. The third kappa shape index (κ3) is 3.21. The van der Waals surface area contributed by atoms with Crippen LogP contribution in [0.4, 0.5) is 0 Å². The van der Waals surface area contributed by atoms with Gasteiger partial charge in [-0.2, -0.15) is 4.98 Å². The average molecular weight is 392 g/mol. The number of ether oxygens (including phenoxy) is 2. The van der Waals surface area contributed by atoms with Gasteiger partial charge in [-0.05, 0) is 31.2 Å². The number of aromatic nitrogens is 3. The number of esters is 1. The molecule has 3 aromatic rings. The Kier molecular flexibility index (Phi) is 5.06. The predicted octanol–water partition coefficient (Wildman–Crippen LogP) is 3.14. The summed E-state index contributed by atoms with van der Waals surface area (Å²) >= 11 is 7.06. The molecule has 2 heterocycles. The van der Waals surface area contributed by atoms with E-state index in [-0.39, 0.29) is 17.2 Å². The molecular weight excluding hydrogens is 378 g/mol. The fourth-order valence-corrected chi connectivity index (χ4v) is 3.52. The standard InChI is InChI=1S/C17H14ClN3O4S/c1-9-14(12(8-24-2)16(23)25-3)26-17-19-15(20-21(9)17)13(22)10-4-6-11(18)7-5-10/h4-8H,1-3H3/b12-8+. The second kappa shape index (κ2) is 7.27. The molecule has 0 aliphatic carbocycles. The molecule has 0 saturated carbocycles. The lowest BCUT2D eigenvalue weighted by Gasteiger charge is -2.03. The van der Waals surface area contributed by atoms with E-state index in [0.717, 1.165) is 0 Å². The second-order valence-electron chi connectivity index (χ2n) is 5.24. The maximum atomic E-state index is 12.5. The molecule has 0 atom stereocenters. The highest BCUT2D eigenvalue weighted by atomic mass is 35.5. The van der Waals surface area contributed by atoms with Crippen molar-refractivity contribution in [1.82, 2.24) is 14.6 Å². The number of hydrogen-bond donors (Lipinski definition) is 0. The van der Waals surface area contributed by atoms with Crippen LogP contribution in [-0.2, 0) is 14.3 Å². The lowest BCUT2D eigenvalue weighted by atomic mass is 10.1. The van der Waals surface area contributed by atoms with Crippen LogP contribution in [0.3, 0.4) is 0 Å². The molecule has 7 nitrogen and oxygen atoms in total. The minimum atomic E-state index is -0.531. The van der Waals surface area contributed by atoms with Crippen LogP contribution in [0.15, 0.2) is 30.5 Å². The summed E-state index contributed by atoms with van der Waals surface area (Å²) in [5.41, 5.74) is 1.36. The van der Waals surface area contributed by atoms with Gasteiger partial charge in [-0.25, -0.2) is 9.31 Å². The van der Waals surface area contributed by atoms with Gasteiger partial charge in [0.25, 0.3) is 0 Å². The first-order valence-electron chi connectivity index (χ1n) is 7.44. The quantitative estimate of drug-likeness (QED) is 0.287. The summed E-state index contributed by atoms with van der Waals surface area (Å²) in [5, 5.41) is 4.82. The number of hydrogen-bond acceptors (Lipinski definition) is 7. The van der Waals surface area contributed by atoms with Gasteiger partial charge >= 0.3 is 5.97 Å². The highest BCUT2D eigenvalue weighted by molar-refractivity contribution is 7.18. The zero-order valence-electron chi connectivity index (χ0n) is 14.1. The van der Waals surface area contributed by atoms with E-state index in [1.54, 1.807) is 31.2 Å². The highest BCUT2D eigenvalue weighted by Crippen LogP contribution is 2.29. The second-order valence-corrected chi connectivity index (χ2v) is 6.66. The molecule has 9 heteroatoms. The molecule has 0 radical (unpaired) electrons. The maximum absolute atomic E-state index is 12.5. The first-order chi connectivity index (χ1) is 12.5. The first kappa shape index (κ1) is 18.1.